The third-order valence-electron chi connectivity index (χ3n) is 2.88. The van der Waals surface area contributed by atoms with Gasteiger partial charge in [-0.25, -0.2) is 0 Å². The Labute approximate surface area is 111 Å². The van der Waals surface area contributed by atoms with Crippen LogP contribution in [0, 0.1) is 0 Å². The van der Waals surface area contributed by atoms with Crippen LogP contribution in [0.2, 0.25) is 0 Å². The summed E-state index contributed by atoms with van der Waals surface area (Å²) in [5.41, 5.74) is 1.83. The number of hydrogen-bond acceptors (Lipinski definition) is 4. The van der Waals surface area contributed by atoms with Gasteiger partial charge < -0.3 is 14.2 Å². The van der Waals surface area contributed by atoms with Crippen LogP contribution in [0.3, 0.4) is 0 Å². The first-order valence-corrected chi connectivity index (χ1v) is 6.27. The molecule has 0 amide bonds. The normalized spacial score (nSPS) is 11.4. The molecule has 3 aromatic rings. The molecule has 2 heterocycles. The molecule has 0 spiro atoms. The molecule has 1 N–H and O–H groups in total. The van der Waals surface area contributed by atoms with Gasteiger partial charge in [0.25, 0.3) is 0 Å². The van der Waals surface area contributed by atoms with Gasteiger partial charge >= 0.3 is 0 Å². The molecule has 2 aromatic heterocycles. The molecule has 0 aliphatic rings. The summed E-state index contributed by atoms with van der Waals surface area (Å²) >= 11 is 3.48. The summed E-state index contributed by atoms with van der Waals surface area (Å²) in [7, 11) is 1.74. The summed E-state index contributed by atoms with van der Waals surface area (Å²) in [6.07, 6.45) is 3.15. The number of carbonyl (C=O) groups excluding carboxylic acids is 1. The molecule has 0 aliphatic carbocycles. The van der Waals surface area contributed by atoms with E-state index in [1.165, 1.54) is 0 Å². The van der Waals surface area contributed by atoms with Gasteiger partial charge in [0.2, 0.25) is 0 Å². The molecule has 0 saturated heterocycles. The van der Waals surface area contributed by atoms with Crippen LogP contribution in [0.1, 0.15) is 10.4 Å². The van der Waals surface area contributed by atoms with E-state index >= 15 is 0 Å². The zero-order valence-electron chi connectivity index (χ0n) is 9.62. The second-order valence-electron chi connectivity index (χ2n) is 3.97. The van der Waals surface area contributed by atoms with Gasteiger partial charge in [-0.05, 0) is 35.1 Å². The van der Waals surface area contributed by atoms with Crippen molar-refractivity contribution < 1.29 is 13.6 Å². The molecule has 5 heteroatoms. The molecule has 0 atom stereocenters. The molecule has 0 bridgehead atoms. The maximum absolute atomic E-state index is 12.2. The van der Waals surface area contributed by atoms with Crippen molar-refractivity contribution in [1.82, 2.24) is 5.32 Å². The lowest BCUT2D eigenvalue weighted by Crippen LogP contribution is -2.18. The predicted molar refractivity (Wildman–Crippen MR) is 71.9 cm³/mol. The molecule has 4 nitrogen and oxygen atoms in total. The fourth-order valence-electron chi connectivity index (χ4n) is 2.12. The number of benzene rings is 1. The summed E-state index contributed by atoms with van der Waals surface area (Å²) in [5, 5.41) is 4.47. The Morgan fingerprint density at radius 3 is 2.61 bits per heavy atom. The Bertz CT molecular complexity index is 689. The molecule has 0 radical (unpaired) electrons. The van der Waals surface area contributed by atoms with Gasteiger partial charge in [-0.1, -0.05) is 0 Å². The van der Waals surface area contributed by atoms with Crippen molar-refractivity contribution in [2.75, 3.05) is 13.6 Å². The third kappa shape index (κ3) is 1.51. The average molecular weight is 308 g/mol. The quantitative estimate of drug-likeness (QED) is 0.754. The van der Waals surface area contributed by atoms with Gasteiger partial charge in [-0.3, -0.25) is 4.79 Å². The van der Waals surface area contributed by atoms with Gasteiger partial charge in [0.05, 0.1) is 29.1 Å². The number of halogens is 1. The lowest BCUT2D eigenvalue weighted by Gasteiger charge is -2.05. The van der Waals surface area contributed by atoms with E-state index in [1.807, 2.05) is 6.07 Å². The molecule has 0 fully saturated rings. The molecular weight excluding hydrogens is 298 g/mol. The third-order valence-corrected chi connectivity index (χ3v) is 3.67. The van der Waals surface area contributed by atoms with E-state index in [1.54, 1.807) is 25.6 Å². The minimum absolute atomic E-state index is 0.0173. The molecule has 0 aliphatic heterocycles. The first-order chi connectivity index (χ1) is 8.74. The van der Waals surface area contributed by atoms with Crippen LogP contribution >= 0.6 is 15.9 Å². The second kappa shape index (κ2) is 4.26. The molecular formula is C13H10BrNO3. The maximum atomic E-state index is 12.2. The number of likely N-dealkylation sites (N-methyl/N-ethyl adjacent to an activating group) is 1. The van der Waals surface area contributed by atoms with E-state index < -0.39 is 0 Å². The smallest absolute Gasteiger partial charge is 0.181 e. The zero-order valence-corrected chi connectivity index (χ0v) is 11.2. The van der Waals surface area contributed by atoms with Gasteiger partial charge in [0.15, 0.2) is 5.78 Å². The molecule has 0 unspecified atom stereocenters. The van der Waals surface area contributed by atoms with Crippen LogP contribution in [-0.2, 0) is 0 Å². The van der Waals surface area contributed by atoms with E-state index in [2.05, 4.69) is 21.2 Å². The number of Topliss-reactive ketones (excluding diaryl/α,β-unsaturated/α-hetero) is 1. The van der Waals surface area contributed by atoms with Crippen molar-refractivity contribution in [3.05, 3.63) is 34.7 Å². The minimum Gasteiger partial charge on any atom is -0.464 e. The van der Waals surface area contributed by atoms with Crippen molar-refractivity contribution in [3.63, 3.8) is 0 Å². The monoisotopic (exact) mass is 307 g/mol. The Morgan fingerprint density at radius 2 is 1.89 bits per heavy atom. The van der Waals surface area contributed by atoms with Crippen LogP contribution in [0.15, 0.2) is 38.0 Å². The number of ketones is 1. The number of rotatable bonds is 3. The highest BCUT2D eigenvalue weighted by atomic mass is 79.9. The van der Waals surface area contributed by atoms with E-state index in [9.17, 15) is 4.79 Å². The number of hydrogen-bond donors (Lipinski definition) is 1. The van der Waals surface area contributed by atoms with Crippen LogP contribution in [0.25, 0.3) is 21.9 Å². The summed E-state index contributed by atoms with van der Waals surface area (Å²) in [4.78, 5) is 12.2. The van der Waals surface area contributed by atoms with Crippen molar-refractivity contribution in [1.29, 1.82) is 0 Å². The summed E-state index contributed by atoms with van der Waals surface area (Å²) in [6.45, 7) is 0.262. The summed E-state index contributed by atoms with van der Waals surface area (Å²) < 4.78 is 11.7. The van der Waals surface area contributed by atoms with Crippen LogP contribution in [-0.4, -0.2) is 19.4 Å². The number of fused-ring (bicyclic) bond motifs is 2. The highest BCUT2D eigenvalue weighted by Crippen LogP contribution is 2.37. The fourth-order valence-corrected chi connectivity index (χ4v) is 2.74. The fraction of sp³-hybridized carbons (Fsp3) is 0.154. The first kappa shape index (κ1) is 11.5. The number of nitrogens with one attached hydrogen (secondary N) is 1. The summed E-state index contributed by atoms with van der Waals surface area (Å²) in [5.74, 6) is -0.0173. The van der Waals surface area contributed by atoms with Crippen molar-refractivity contribution in [3.8, 4) is 0 Å². The van der Waals surface area contributed by atoms with Crippen LogP contribution < -0.4 is 5.32 Å². The van der Waals surface area contributed by atoms with Crippen molar-refractivity contribution in [2.45, 2.75) is 0 Å². The first-order valence-electron chi connectivity index (χ1n) is 5.47. The van der Waals surface area contributed by atoms with Gasteiger partial charge in [0.1, 0.15) is 11.2 Å². The van der Waals surface area contributed by atoms with Gasteiger partial charge in [0, 0.05) is 10.8 Å². The van der Waals surface area contributed by atoms with E-state index in [0.717, 1.165) is 15.2 Å². The number of furan rings is 2. The van der Waals surface area contributed by atoms with Crippen molar-refractivity contribution >= 4 is 43.7 Å². The minimum atomic E-state index is -0.0173. The zero-order chi connectivity index (χ0) is 12.7. The molecule has 1 aromatic carbocycles. The Balaban J connectivity index is 2.43. The second-order valence-corrected chi connectivity index (χ2v) is 4.76. The van der Waals surface area contributed by atoms with Crippen molar-refractivity contribution in [2.24, 2.45) is 0 Å². The summed E-state index contributed by atoms with van der Waals surface area (Å²) in [6, 6.07) is 3.60. The molecule has 18 heavy (non-hydrogen) atoms. The average Bonchev–Trinajstić information content (AvgIpc) is 2.97. The van der Waals surface area contributed by atoms with E-state index in [4.69, 9.17) is 8.83 Å². The Morgan fingerprint density at radius 1 is 1.22 bits per heavy atom. The highest BCUT2D eigenvalue weighted by Gasteiger charge is 2.21. The lowest BCUT2D eigenvalue weighted by atomic mass is 10.0. The maximum Gasteiger partial charge on any atom is 0.181 e. The predicted octanol–water partition coefficient (Wildman–Crippen LogP) is 3.34. The molecule has 0 saturated carbocycles. The highest BCUT2D eigenvalue weighted by molar-refractivity contribution is 9.10. The SMILES string of the molecule is CNCC(=O)c1c2ccoc2c(Br)c2ccoc12. The van der Waals surface area contributed by atoms with Gasteiger partial charge in [-0.2, -0.15) is 0 Å². The van der Waals surface area contributed by atoms with E-state index in [0.29, 0.717) is 16.7 Å². The Kier molecular flexibility index (Phi) is 2.72. The van der Waals surface area contributed by atoms with E-state index in [-0.39, 0.29) is 12.3 Å². The molecule has 3 rings (SSSR count). The largest absolute Gasteiger partial charge is 0.464 e. The standard InChI is InChI=1S/C13H10BrNO3/c1-15-6-9(16)10-7-2-4-18-13(7)11(14)8-3-5-17-12(8)10/h2-5,15H,6H2,1H3. The van der Waals surface area contributed by atoms with Crippen LogP contribution in [0.4, 0.5) is 0 Å². The number of carbonyl (C=O) groups is 1. The lowest BCUT2D eigenvalue weighted by molar-refractivity contribution is 0.0996. The van der Waals surface area contributed by atoms with Crippen LogP contribution in [0.5, 0.6) is 0 Å². The molecule has 92 valence electrons. The van der Waals surface area contributed by atoms with Gasteiger partial charge in [-0.15, -0.1) is 0 Å². The topological polar surface area (TPSA) is 55.4 Å². The Hall–Kier alpha value is -1.59.